The maximum Gasteiger partial charge on any atom is 0.231 e. The Morgan fingerprint density at radius 2 is 2.14 bits per heavy atom. The number of aldehydes is 1. The Morgan fingerprint density at radius 1 is 1.36 bits per heavy atom. The van der Waals surface area contributed by atoms with Gasteiger partial charge in [-0.1, -0.05) is 6.07 Å². The van der Waals surface area contributed by atoms with E-state index in [0.717, 1.165) is 11.8 Å². The van der Waals surface area contributed by atoms with Crippen molar-refractivity contribution in [2.45, 2.75) is 12.8 Å². The second kappa shape index (κ2) is 3.65. The van der Waals surface area contributed by atoms with Crippen LogP contribution in [0.1, 0.15) is 12.0 Å². The molecule has 0 fully saturated rings. The SMILES string of the molecule is O=CCCc1ccc(F)c2c1OCO2. The Bertz CT molecular complexity index is 363. The van der Waals surface area contributed by atoms with Crippen LogP contribution in [-0.4, -0.2) is 13.1 Å². The molecule has 1 aromatic rings. The second-order valence-corrected chi connectivity index (χ2v) is 2.98. The number of ether oxygens (including phenoxy) is 2. The number of carbonyl (C=O) groups excluding carboxylic acids is 1. The van der Waals surface area contributed by atoms with Gasteiger partial charge in [0.1, 0.15) is 6.29 Å². The van der Waals surface area contributed by atoms with Gasteiger partial charge in [0.15, 0.2) is 11.6 Å². The standard InChI is InChI=1S/C10H9FO3/c11-8-4-3-7(2-1-5-12)9-10(8)14-6-13-9/h3-5H,1-2,6H2. The third-order valence-corrected chi connectivity index (χ3v) is 2.08. The average Bonchev–Trinajstić information content (AvgIpc) is 2.66. The van der Waals surface area contributed by atoms with Crippen molar-refractivity contribution in [3.05, 3.63) is 23.5 Å². The van der Waals surface area contributed by atoms with Gasteiger partial charge in [0.25, 0.3) is 0 Å². The summed E-state index contributed by atoms with van der Waals surface area (Å²) in [6.45, 7) is 0.0460. The topological polar surface area (TPSA) is 35.5 Å². The van der Waals surface area contributed by atoms with Gasteiger partial charge in [0.05, 0.1) is 0 Å². The largest absolute Gasteiger partial charge is 0.453 e. The van der Waals surface area contributed by atoms with Crippen molar-refractivity contribution >= 4 is 6.29 Å². The Hall–Kier alpha value is -1.58. The normalized spacial score (nSPS) is 12.9. The summed E-state index contributed by atoms with van der Waals surface area (Å²) >= 11 is 0. The van der Waals surface area contributed by atoms with E-state index in [2.05, 4.69) is 0 Å². The minimum Gasteiger partial charge on any atom is -0.453 e. The maximum absolute atomic E-state index is 13.1. The van der Waals surface area contributed by atoms with Crippen LogP contribution in [0.3, 0.4) is 0 Å². The van der Waals surface area contributed by atoms with Gasteiger partial charge in [-0.2, -0.15) is 0 Å². The maximum atomic E-state index is 13.1. The van der Waals surface area contributed by atoms with E-state index in [-0.39, 0.29) is 12.5 Å². The fourth-order valence-corrected chi connectivity index (χ4v) is 1.43. The molecule has 0 unspecified atom stereocenters. The Balaban J connectivity index is 2.33. The third kappa shape index (κ3) is 1.43. The summed E-state index contributed by atoms with van der Waals surface area (Å²) in [4.78, 5) is 10.2. The average molecular weight is 196 g/mol. The molecule has 1 aromatic carbocycles. The van der Waals surface area contributed by atoms with Crippen molar-refractivity contribution in [1.29, 1.82) is 0 Å². The fraction of sp³-hybridized carbons (Fsp3) is 0.300. The zero-order chi connectivity index (χ0) is 9.97. The van der Waals surface area contributed by atoms with Crippen LogP contribution in [0.5, 0.6) is 11.5 Å². The third-order valence-electron chi connectivity index (χ3n) is 2.08. The number of hydrogen-bond donors (Lipinski definition) is 0. The summed E-state index contributed by atoms with van der Waals surface area (Å²) in [6, 6.07) is 2.94. The number of hydrogen-bond acceptors (Lipinski definition) is 3. The molecule has 0 radical (unpaired) electrons. The van der Waals surface area contributed by atoms with E-state index >= 15 is 0 Å². The molecule has 0 bridgehead atoms. The highest BCUT2D eigenvalue weighted by Crippen LogP contribution is 2.38. The first-order chi connectivity index (χ1) is 6.83. The van der Waals surface area contributed by atoms with Gasteiger partial charge in [-0.3, -0.25) is 0 Å². The van der Waals surface area contributed by atoms with Gasteiger partial charge in [-0.25, -0.2) is 4.39 Å². The summed E-state index contributed by atoms with van der Waals surface area (Å²) < 4.78 is 23.2. The van der Waals surface area contributed by atoms with Gasteiger partial charge in [-0.05, 0) is 18.1 Å². The van der Waals surface area contributed by atoms with Gasteiger partial charge < -0.3 is 14.3 Å². The quantitative estimate of drug-likeness (QED) is 0.690. The molecule has 0 saturated carbocycles. The molecule has 0 amide bonds. The molecule has 0 spiro atoms. The molecule has 0 saturated heterocycles. The first kappa shape index (κ1) is 8.99. The molecular weight excluding hydrogens is 187 g/mol. The molecule has 74 valence electrons. The molecular formula is C10H9FO3. The first-order valence-corrected chi connectivity index (χ1v) is 4.33. The summed E-state index contributed by atoms with van der Waals surface area (Å²) in [5.41, 5.74) is 0.811. The molecule has 0 atom stereocenters. The minimum atomic E-state index is -0.424. The zero-order valence-corrected chi connectivity index (χ0v) is 7.46. The van der Waals surface area contributed by atoms with Gasteiger partial charge in [0.2, 0.25) is 12.5 Å². The van der Waals surface area contributed by atoms with E-state index in [1.54, 1.807) is 6.07 Å². The van der Waals surface area contributed by atoms with Crippen LogP contribution in [0.15, 0.2) is 12.1 Å². The second-order valence-electron chi connectivity index (χ2n) is 2.98. The number of rotatable bonds is 3. The van der Waals surface area contributed by atoms with E-state index in [9.17, 15) is 9.18 Å². The number of benzene rings is 1. The molecule has 0 aliphatic carbocycles. The van der Waals surface area contributed by atoms with E-state index < -0.39 is 5.82 Å². The molecule has 2 rings (SSSR count). The zero-order valence-electron chi connectivity index (χ0n) is 7.46. The highest BCUT2D eigenvalue weighted by Gasteiger charge is 2.21. The van der Waals surface area contributed by atoms with Crippen LogP contribution in [0, 0.1) is 5.82 Å². The van der Waals surface area contributed by atoms with Crippen molar-refractivity contribution in [3.8, 4) is 11.5 Å². The molecule has 4 heteroatoms. The molecule has 1 aliphatic rings. The van der Waals surface area contributed by atoms with E-state index in [0.29, 0.717) is 18.6 Å². The lowest BCUT2D eigenvalue weighted by Gasteiger charge is -2.03. The van der Waals surface area contributed by atoms with Crippen LogP contribution >= 0.6 is 0 Å². The van der Waals surface area contributed by atoms with Crippen LogP contribution in [-0.2, 0) is 11.2 Å². The Labute approximate surface area is 80.4 Å². The molecule has 14 heavy (non-hydrogen) atoms. The van der Waals surface area contributed by atoms with Gasteiger partial charge >= 0.3 is 0 Å². The minimum absolute atomic E-state index is 0.0460. The van der Waals surface area contributed by atoms with Crippen LogP contribution < -0.4 is 9.47 Å². The lowest BCUT2D eigenvalue weighted by atomic mass is 10.1. The molecule has 0 aromatic heterocycles. The molecule has 1 aliphatic heterocycles. The molecule has 0 N–H and O–H groups in total. The van der Waals surface area contributed by atoms with Crippen molar-refractivity contribution in [1.82, 2.24) is 0 Å². The Kier molecular flexibility index (Phi) is 2.35. The van der Waals surface area contributed by atoms with Gasteiger partial charge in [0, 0.05) is 6.42 Å². The van der Waals surface area contributed by atoms with Crippen molar-refractivity contribution in [2.24, 2.45) is 0 Å². The predicted molar refractivity (Wildman–Crippen MR) is 46.9 cm³/mol. The number of carbonyl (C=O) groups is 1. The highest BCUT2D eigenvalue weighted by molar-refractivity contribution is 5.53. The van der Waals surface area contributed by atoms with E-state index in [1.807, 2.05) is 0 Å². The van der Waals surface area contributed by atoms with Crippen molar-refractivity contribution in [3.63, 3.8) is 0 Å². The van der Waals surface area contributed by atoms with E-state index in [4.69, 9.17) is 9.47 Å². The molecule has 1 heterocycles. The van der Waals surface area contributed by atoms with Crippen LogP contribution in [0.2, 0.25) is 0 Å². The number of aryl methyl sites for hydroxylation is 1. The molecule has 3 nitrogen and oxygen atoms in total. The van der Waals surface area contributed by atoms with Gasteiger partial charge in [-0.15, -0.1) is 0 Å². The summed E-state index contributed by atoms with van der Waals surface area (Å²) in [5.74, 6) is 0.174. The Morgan fingerprint density at radius 3 is 2.93 bits per heavy atom. The lowest BCUT2D eigenvalue weighted by Crippen LogP contribution is -1.94. The summed E-state index contributed by atoms with van der Waals surface area (Å²) in [7, 11) is 0. The monoisotopic (exact) mass is 196 g/mol. The van der Waals surface area contributed by atoms with Crippen LogP contribution in [0.25, 0.3) is 0 Å². The summed E-state index contributed by atoms with van der Waals surface area (Å²) in [6.07, 6.45) is 1.78. The number of halogens is 1. The highest BCUT2D eigenvalue weighted by atomic mass is 19.1. The smallest absolute Gasteiger partial charge is 0.231 e. The first-order valence-electron chi connectivity index (χ1n) is 4.33. The fourth-order valence-electron chi connectivity index (χ4n) is 1.43. The lowest BCUT2D eigenvalue weighted by molar-refractivity contribution is -0.107. The van der Waals surface area contributed by atoms with Crippen LogP contribution in [0.4, 0.5) is 4.39 Å². The summed E-state index contributed by atoms with van der Waals surface area (Å²) in [5, 5.41) is 0. The van der Waals surface area contributed by atoms with Crippen molar-refractivity contribution in [2.75, 3.05) is 6.79 Å². The predicted octanol–water partition coefficient (Wildman–Crippen LogP) is 1.69. The number of fused-ring (bicyclic) bond motifs is 1. The van der Waals surface area contributed by atoms with Crippen molar-refractivity contribution < 1.29 is 18.7 Å². The van der Waals surface area contributed by atoms with E-state index in [1.165, 1.54) is 6.07 Å².